The van der Waals surface area contributed by atoms with E-state index in [1.54, 1.807) is 19.1 Å². The molecule has 0 amide bonds. The minimum absolute atomic E-state index is 0.0978. The van der Waals surface area contributed by atoms with Crippen LogP contribution in [-0.4, -0.2) is 11.6 Å². The molecule has 0 bridgehead atoms. The van der Waals surface area contributed by atoms with Crippen molar-refractivity contribution in [3.63, 3.8) is 0 Å². The van der Waals surface area contributed by atoms with Crippen LogP contribution in [0.3, 0.4) is 0 Å². The van der Waals surface area contributed by atoms with Crippen LogP contribution in [0, 0.1) is 6.92 Å². The molecule has 0 aromatic carbocycles. The smallest absolute Gasteiger partial charge is 0.387 e. The number of rotatable bonds is 3. The van der Waals surface area contributed by atoms with E-state index in [9.17, 15) is 8.78 Å². The van der Waals surface area contributed by atoms with Crippen LogP contribution in [0.1, 0.15) is 11.3 Å². The van der Waals surface area contributed by atoms with Crippen molar-refractivity contribution in [1.29, 1.82) is 0 Å². The molecule has 0 spiro atoms. The topological polar surface area (TPSA) is 22.1 Å². The first-order valence-corrected chi connectivity index (χ1v) is 3.67. The molecule has 0 aliphatic rings. The number of halogens is 2. The van der Waals surface area contributed by atoms with Gasteiger partial charge in [0.15, 0.2) is 0 Å². The molecular formula is C9H9F2NO. The van der Waals surface area contributed by atoms with Crippen LogP contribution in [0.15, 0.2) is 18.8 Å². The summed E-state index contributed by atoms with van der Waals surface area (Å²) in [7, 11) is 0. The monoisotopic (exact) mass is 185 g/mol. The number of hydrogen-bond donors (Lipinski definition) is 0. The van der Waals surface area contributed by atoms with Gasteiger partial charge in [-0.05, 0) is 24.6 Å². The number of aryl methyl sites for hydroxylation is 1. The second-order valence-electron chi connectivity index (χ2n) is 2.46. The van der Waals surface area contributed by atoms with Gasteiger partial charge < -0.3 is 4.74 Å². The zero-order valence-electron chi connectivity index (χ0n) is 7.13. The first-order valence-electron chi connectivity index (χ1n) is 3.67. The number of aromatic nitrogens is 1. The van der Waals surface area contributed by atoms with Crippen LogP contribution >= 0.6 is 0 Å². The second-order valence-corrected chi connectivity index (χ2v) is 2.46. The molecule has 2 nitrogen and oxygen atoms in total. The fourth-order valence-corrected chi connectivity index (χ4v) is 0.896. The van der Waals surface area contributed by atoms with E-state index in [0.717, 1.165) is 0 Å². The van der Waals surface area contributed by atoms with Crippen molar-refractivity contribution in [3.05, 3.63) is 30.1 Å². The Kier molecular flexibility index (Phi) is 2.95. The van der Waals surface area contributed by atoms with Crippen molar-refractivity contribution in [2.45, 2.75) is 13.5 Å². The zero-order chi connectivity index (χ0) is 9.84. The summed E-state index contributed by atoms with van der Waals surface area (Å²) in [6, 6.07) is 1.63. The van der Waals surface area contributed by atoms with Gasteiger partial charge in [-0.25, -0.2) is 0 Å². The number of hydrogen-bond acceptors (Lipinski definition) is 2. The summed E-state index contributed by atoms with van der Waals surface area (Å²) in [6.45, 7) is 2.37. The largest absolute Gasteiger partial charge is 0.433 e. The molecule has 0 aliphatic carbocycles. The molecule has 0 fully saturated rings. The quantitative estimate of drug-likeness (QED) is 0.722. The third-order valence-corrected chi connectivity index (χ3v) is 1.51. The van der Waals surface area contributed by atoms with E-state index in [-0.39, 0.29) is 5.75 Å². The molecule has 0 saturated heterocycles. The lowest BCUT2D eigenvalue weighted by atomic mass is 10.2. The van der Waals surface area contributed by atoms with Gasteiger partial charge in [-0.2, -0.15) is 8.78 Å². The van der Waals surface area contributed by atoms with Crippen molar-refractivity contribution in [1.82, 2.24) is 4.98 Å². The van der Waals surface area contributed by atoms with Gasteiger partial charge in [-0.3, -0.25) is 4.98 Å². The van der Waals surface area contributed by atoms with Gasteiger partial charge in [0.05, 0.1) is 11.9 Å². The van der Waals surface area contributed by atoms with E-state index in [1.165, 1.54) is 6.20 Å². The molecule has 4 heteroatoms. The Morgan fingerprint density at radius 2 is 2.31 bits per heavy atom. The van der Waals surface area contributed by atoms with Crippen molar-refractivity contribution in [3.8, 4) is 5.75 Å². The van der Waals surface area contributed by atoms with Crippen LogP contribution in [0.2, 0.25) is 0 Å². The Labute approximate surface area is 74.9 Å². The van der Waals surface area contributed by atoms with Crippen molar-refractivity contribution < 1.29 is 13.5 Å². The van der Waals surface area contributed by atoms with Gasteiger partial charge in [0.25, 0.3) is 0 Å². The predicted octanol–water partition coefficient (Wildman–Crippen LogP) is 2.63. The standard InChI is InChI=1S/C9H9F2NO/c1-3-7-4-6(2)8(5-12-7)13-9(10)11/h3-5,9H,1H2,2H3. The van der Waals surface area contributed by atoms with Gasteiger partial charge in [-0.1, -0.05) is 6.58 Å². The molecule has 0 atom stereocenters. The fraction of sp³-hybridized carbons (Fsp3) is 0.222. The first kappa shape index (κ1) is 9.64. The Balaban J connectivity index is 2.91. The maximum atomic E-state index is 11.8. The summed E-state index contributed by atoms with van der Waals surface area (Å²) in [6.07, 6.45) is 2.80. The predicted molar refractivity (Wildman–Crippen MR) is 45.7 cm³/mol. The van der Waals surface area contributed by atoms with E-state index in [1.807, 2.05) is 0 Å². The lowest BCUT2D eigenvalue weighted by Gasteiger charge is -2.06. The van der Waals surface area contributed by atoms with E-state index < -0.39 is 6.61 Å². The van der Waals surface area contributed by atoms with Crippen LogP contribution in [-0.2, 0) is 0 Å². The highest BCUT2D eigenvalue weighted by Crippen LogP contribution is 2.19. The number of nitrogens with zero attached hydrogens (tertiary/aromatic N) is 1. The lowest BCUT2D eigenvalue weighted by molar-refractivity contribution is -0.0505. The SMILES string of the molecule is C=Cc1cc(C)c(OC(F)F)cn1. The Morgan fingerprint density at radius 1 is 1.62 bits per heavy atom. The summed E-state index contributed by atoms with van der Waals surface area (Å²) in [5, 5.41) is 0. The average molecular weight is 185 g/mol. The normalized spacial score (nSPS) is 10.2. The molecule has 0 unspecified atom stereocenters. The summed E-state index contributed by atoms with van der Waals surface area (Å²) in [5.74, 6) is 0.0978. The highest BCUT2D eigenvalue weighted by Gasteiger charge is 2.07. The van der Waals surface area contributed by atoms with Crippen LogP contribution in [0.5, 0.6) is 5.75 Å². The summed E-state index contributed by atoms with van der Waals surface area (Å²) >= 11 is 0. The van der Waals surface area contributed by atoms with E-state index in [0.29, 0.717) is 11.3 Å². The molecule has 1 aromatic rings. The fourth-order valence-electron chi connectivity index (χ4n) is 0.896. The molecule has 0 radical (unpaired) electrons. The molecule has 13 heavy (non-hydrogen) atoms. The molecule has 0 aliphatic heterocycles. The van der Waals surface area contributed by atoms with Crippen LogP contribution in [0.25, 0.3) is 6.08 Å². The van der Waals surface area contributed by atoms with Gasteiger partial charge >= 0.3 is 6.61 Å². The molecule has 1 aromatic heterocycles. The van der Waals surface area contributed by atoms with Crippen LogP contribution < -0.4 is 4.74 Å². The lowest BCUT2D eigenvalue weighted by Crippen LogP contribution is -2.03. The minimum Gasteiger partial charge on any atom is -0.433 e. The first-order chi connectivity index (χ1) is 6.13. The van der Waals surface area contributed by atoms with Crippen molar-refractivity contribution >= 4 is 6.08 Å². The average Bonchev–Trinajstić information content (AvgIpc) is 2.08. The highest BCUT2D eigenvalue weighted by atomic mass is 19.3. The third kappa shape index (κ3) is 2.50. The van der Waals surface area contributed by atoms with Crippen LogP contribution in [0.4, 0.5) is 8.78 Å². The number of alkyl halides is 2. The van der Waals surface area contributed by atoms with E-state index in [4.69, 9.17) is 0 Å². The molecule has 70 valence electrons. The second kappa shape index (κ2) is 3.98. The highest BCUT2D eigenvalue weighted by molar-refractivity contribution is 5.45. The Bertz CT molecular complexity index is 312. The maximum absolute atomic E-state index is 11.8. The van der Waals surface area contributed by atoms with Gasteiger partial charge in [0.2, 0.25) is 0 Å². The molecule has 1 heterocycles. The third-order valence-electron chi connectivity index (χ3n) is 1.51. The zero-order valence-corrected chi connectivity index (χ0v) is 7.13. The molecule has 0 saturated carbocycles. The van der Waals surface area contributed by atoms with Gasteiger partial charge in [0, 0.05) is 0 Å². The minimum atomic E-state index is -2.81. The van der Waals surface area contributed by atoms with E-state index >= 15 is 0 Å². The molecule has 0 N–H and O–H groups in total. The summed E-state index contributed by atoms with van der Waals surface area (Å²) in [4.78, 5) is 3.83. The Morgan fingerprint density at radius 3 is 2.77 bits per heavy atom. The molecule has 1 rings (SSSR count). The number of ether oxygens (including phenoxy) is 1. The van der Waals surface area contributed by atoms with Crippen molar-refractivity contribution in [2.24, 2.45) is 0 Å². The van der Waals surface area contributed by atoms with Crippen molar-refractivity contribution in [2.75, 3.05) is 0 Å². The van der Waals surface area contributed by atoms with Gasteiger partial charge in [-0.15, -0.1) is 0 Å². The van der Waals surface area contributed by atoms with E-state index in [2.05, 4.69) is 16.3 Å². The maximum Gasteiger partial charge on any atom is 0.387 e. The summed E-state index contributed by atoms with van der Waals surface area (Å²) in [5.41, 5.74) is 1.25. The molecular weight excluding hydrogens is 176 g/mol. The van der Waals surface area contributed by atoms with Gasteiger partial charge in [0.1, 0.15) is 5.75 Å². The summed E-state index contributed by atoms with van der Waals surface area (Å²) < 4.78 is 27.8. The number of pyridine rings is 1. The Hall–Kier alpha value is -1.45.